The first-order valence-corrected chi connectivity index (χ1v) is 7.02. The number of piperidine rings is 1. The van der Waals surface area contributed by atoms with Crippen LogP contribution in [-0.2, 0) is 11.3 Å². The first kappa shape index (κ1) is 12.1. The molecule has 0 aromatic carbocycles. The molecule has 16 heavy (non-hydrogen) atoms. The minimum absolute atomic E-state index is 0.261. The Hall–Kier alpha value is -0.390. The summed E-state index contributed by atoms with van der Waals surface area (Å²) in [5.74, 6) is 0.261. The van der Waals surface area contributed by atoms with E-state index in [-0.39, 0.29) is 5.91 Å². The molecule has 1 aromatic heterocycles. The zero-order chi connectivity index (χ0) is 11.5. The molecule has 2 rings (SSSR count). The van der Waals surface area contributed by atoms with Gasteiger partial charge < -0.3 is 10.2 Å². The van der Waals surface area contributed by atoms with E-state index in [0.29, 0.717) is 12.5 Å². The van der Waals surface area contributed by atoms with E-state index in [0.717, 1.165) is 24.0 Å². The number of hydrogen-bond acceptors (Lipinski definition) is 3. The minimum Gasteiger partial charge on any atom is -0.344 e. The lowest BCUT2D eigenvalue weighted by Crippen LogP contribution is -2.46. The number of rotatable bonds is 3. The highest BCUT2D eigenvalue weighted by molar-refractivity contribution is 9.10. The molecule has 0 radical (unpaired) electrons. The Morgan fingerprint density at radius 1 is 1.69 bits per heavy atom. The van der Waals surface area contributed by atoms with Crippen LogP contribution in [0.3, 0.4) is 0 Å². The van der Waals surface area contributed by atoms with E-state index in [1.54, 1.807) is 11.3 Å². The van der Waals surface area contributed by atoms with Gasteiger partial charge in [-0.25, -0.2) is 0 Å². The summed E-state index contributed by atoms with van der Waals surface area (Å²) >= 11 is 5.19. The number of halogens is 1. The molecule has 1 N–H and O–H groups in total. The van der Waals surface area contributed by atoms with Gasteiger partial charge in [0.2, 0.25) is 5.91 Å². The topological polar surface area (TPSA) is 32.3 Å². The Morgan fingerprint density at radius 2 is 2.50 bits per heavy atom. The fraction of sp³-hybridized carbons (Fsp3) is 0.545. The number of likely N-dealkylation sites (N-methyl/N-ethyl adjacent to an activating group) is 1. The van der Waals surface area contributed by atoms with Crippen LogP contribution in [0, 0.1) is 0 Å². The fourth-order valence-corrected chi connectivity index (χ4v) is 3.27. The van der Waals surface area contributed by atoms with Crippen molar-refractivity contribution in [1.29, 1.82) is 0 Å². The Balaban J connectivity index is 1.80. The molecular formula is C11H15BrN2OS. The van der Waals surface area contributed by atoms with Crippen LogP contribution in [0.4, 0.5) is 0 Å². The predicted molar refractivity (Wildman–Crippen MR) is 69.5 cm³/mol. The van der Waals surface area contributed by atoms with Gasteiger partial charge in [-0.1, -0.05) is 0 Å². The monoisotopic (exact) mass is 302 g/mol. The third-order valence-electron chi connectivity index (χ3n) is 2.81. The van der Waals surface area contributed by atoms with Gasteiger partial charge in [0.05, 0.1) is 0 Å². The molecule has 88 valence electrons. The van der Waals surface area contributed by atoms with Gasteiger partial charge in [-0.3, -0.25) is 4.79 Å². The van der Waals surface area contributed by atoms with Crippen LogP contribution in [0.1, 0.15) is 17.7 Å². The van der Waals surface area contributed by atoms with E-state index in [4.69, 9.17) is 0 Å². The quantitative estimate of drug-likeness (QED) is 0.928. The smallest absolute Gasteiger partial charge is 0.222 e. The van der Waals surface area contributed by atoms with Crippen molar-refractivity contribution in [2.75, 3.05) is 13.6 Å². The molecular weight excluding hydrogens is 288 g/mol. The molecule has 0 aliphatic carbocycles. The van der Waals surface area contributed by atoms with Crippen LogP contribution < -0.4 is 5.32 Å². The van der Waals surface area contributed by atoms with Crippen LogP contribution in [0.5, 0.6) is 0 Å². The Kier molecular flexibility index (Phi) is 4.00. The molecule has 2 heterocycles. The number of thiophene rings is 1. The number of hydrogen-bond donors (Lipinski definition) is 1. The summed E-state index contributed by atoms with van der Waals surface area (Å²) < 4.78 is 1.14. The van der Waals surface area contributed by atoms with Crippen LogP contribution in [0.25, 0.3) is 0 Å². The second kappa shape index (κ2) is 5.29. The average Bonchev–Trinajstić information content (AvgIpc) is 2.66. The standard InChI is InChI=1S/C11H15BrN2OS/c1-14-6-9(2-3-11(14)15)13-5-10-4-8(12)7-16-10/h4,7,9,13H,2-3,5-6H2,1H3. The lowest BCUT2D eigenvalue weighted by Gasteiger charge is -2.30. The molecule has 0 bridgehead atoms. The molecule has 1 saturated heterocycles. The molecule has 1 unspecified atom stereocenters. The van der Waals surface area contributed by atoms with E-state index in [2.05, 4.69) is 32.7 Å². The van der Waals surface area contributed by atoms with Gasteiger partial charge in [0.1, 0.15) is 0 Å². The molecule has 1 aliphatic heterocycles. The zero-order valence-electron chi connectivity index (χ0n) is 9.20. The second-order valence-electron chi connectivity index (χ2n) is 4.12. The van der Waals surface area contributed by atoms with Gasteiger partial charge in [-0.15, -0.1) is 11.3 Å². The maximum Gasteiger partial charge on any atom is 0.222 e. The number of carbonyl (C=O) groups is 1. The normalized spacial score (nSPS) is 21.5. The van der Waals surface area contributed by atoms with Gasteiger partial charge >= 0.3 is 0 Å². The molecule has 1 aromatic rings. The summed E-state index contributed by atoms with van der Waals surface area (Å²) in [5, 5.41) is 5.59. The van der Waals surface area contributed by atoms with Crippen molar-refractivity contribution in [3.8, 4) is 0 Å². The maximum atomic E-state index is 11.3. The number of carbonyl (C=O) groups excluding carboxylic acids is 1. The van der Waals surface area contributed by atoms with Crippen molar-refractivity contribution in [1.82, 2.24) is 10.2 Å². The van der Waals surface area contributed by atoms with Gasteiger partial charge in [0.15, 0.2) is 0 Å². The van der Waals surface area contributed by atoms with Gasteiger partial charge in [0, 0.05) is 47.3 Å². The van der Waals surface area contributed by atoms with E-state index < -0.39 is 0 Å². The number of nitrogens with one attached hydrogen (secondary N) is 1. The first-order valence-electron chi connectivity index (χ1n) is 5.35. The van der Waals surface area contributed by atoms with Crippen molar-refractivity contribution >= 4 is 33.2 Å². The Morgan fingerprint density at radius 3 is 3.12 bits per heavy atom. The molecule has 5 heteroatoms. The molecule has 1 fully saturated rings. The molecule has 1 aliphatic rings. The highest BCUT2D eigenvalue weighted by atomic mass is 79.9. The van der Waals surface area contributed by atoms with Crippen LogP contribution >= 0.6 is 27.3 Å². The van der Waals surface area contributed by atoms with E-state index in [9.17, 15) is 4.79 Å². The number of nitrogens with zero attached hydrogens (tertiary/aromatic N) is 1. The van der Waals surface area contributed by atoms with Gasteiger partial charge in [0.25, 0.3) is 0 Å². The Bertz CT molecular complexity index is 380. The van der Waals surface area contributed by atoms with Crippen LogP contribution in [0.2, 0.25) is 0 Å². The number of amides is 1. The van der Waals surface area contributed by atoms with Crippen molar-refractivity contribution in [3.63, 3.8) is 0 Å². The Labute approximate surface area is 108 Å². The molecule has 1 atom stereocenters. The summed E-state index contributed by atoms with van der Waals surface area (Å²) in [6.07, 6.45) is 1.62. The van der Waals surface area contributed by atoms with Crippen molar-refractivity contribution < 1.29 is 4.79 Å². The lowest BCUT2D eigenvalue weighted by atomic mass is 10.1. The van der Waals surface area contributed by atoms with Crippen molar-refractivity contribution in [2.24, 2.45) is 0 Å². The first-order chi connectivity index (χ1) is 7.65. The van der Waals surface area contributed by atoms with E-state index >= 15 is 0 Å². The third kappa shape index (κ3) is 3.06. The predicted octanol–water partition coefficient (Wildman–Crippen LogP) is 2.22. The third-order valence-corrected chi connectivity index (χ3v) is 4.51. The number of likely N-dealkylation sites (tertiary alicyclic amines) is 1. The lowest BCUT2D eigenvalue weighted by molar-refractivity contribution is -0.132. The fourth-order valence-electron chi connectivity index (χ4n) is 1.87. The molecule has 1 amide bonds. The summed E-state index contributed by atoms with van der Waals surface area (Å²) in [6.45, 7) is 1.72. The van der Waals surface area contributed by atoms with Gasteiger partial charge in [-0.2, -0.15) is 0 Å². The molecule has 0 saturated carbocycles. The van der Waals surface area contributed by atoms with Crippen molar-refractivity contribution in [3.05, 3.63) is 20.8 Å². The second-order valence-corrected chi connectivity index (χ2v) is 6.03. The summed E-state index contributed by atoms with van der Waals surface area (Å²) in [6, 6.07) is 2.57. The SMILES string of the molecule is CN1CC(NCc2cc(Br)cs2)CCC1=O. The minimum atomic E-state index is 0.261. The summed E-state index contributed by atoms with van der Waals surface area (Å²) in [7, 11) is 1.87. The van der Waals surface area contributed by atoms with E-state index in [1.807, 2.05) is 11.9 Å². The maximum absolute atomic E-state index is 11.3. The van der Waals surface area contributed by atoms with Crippen molar-refractivity contribution in [2.45, 2.75) is 25.4 Å². The summed E-state index contributed by atoms with van der Waals surface area (Å²) in [4.78, 5) is 14.4. The average molecular weight is 303 g/mol. The van der Waals surface area contributed by atoms with Gasteiger partial charge in [-0.05, 0) is 28.4 Å². The highest BCUT2D eigenvalue weighted by Crippen LogP contribution is 2.20. The van der Waals surface area contributed by atoms with Crippen LogP contribution in [-0.4, -0.2) is 30.4 Å². The highest BCUT2D eigenvalue weighted by Gasteiger charge is 2.22. The molecule has 3 nitrogen and oxygen atoms in total. The van der Waals surface area contributed by atoms with Crippen LogP contribution in [0.15, 0.2) is 15.9 Å². The molecule has 0 spiro atoms. The zero-order valence-corrected chi connectivity index (χ0v) is 11.6. The van der Waals surface area contributed by atoms with E-state index in [1.165, 1.54) is 4.88 Å². The summed E-state index contributed by atoms with van der Waals surface area (Å²) in [5.41, 5.74) is 0. The largest absolute Gasteiger partial charge is 0.344 e.